The smallest absolute Gasteiger partial charge is 0.338 e. The quantitative estimate of drug-likeness (QED) is 0.477. The minimum absolute atomic E-state index is 0.279. The fraction of sp³-hybridized carbons (Fsp3) is 0.429. The van der Waals surface area contributed by atoms with Gasteiger partial charge in [-0.3, -0.25) is 0 Å². The van der Waals surface area contributed by atoms with Gasteiger partial charge in [0.1, 0.15) is 0 Å². The fourth-order valence-corrected chi connectivity index (χ4v) is 2.16. The highest BCUT2D eigenvalue weighted by molar-refractivity contribution is 7.71. The molecule has 4 nitrogen and oxygen atoms in total. The molecular formula is C14H18N2O2S. The van der Waals surface area contributed by atoms with Crippen LogP contribution in [-0.2, 0) is 4.74 Å². The van der Waals surface area contributed by atoms with Crippen LogP contribution < -0.4 is 0 Å². The highest BCUT2D eigenvalue weighted by Crippen LogP contribution is 2.13. The van der Waals surface area contributed by atoms with Crippen molar-refractivity contribution in [1.29, 1.82) is 0 Å². The molecule has 1 aromatic heterocycles. The van der Waals surface area contributed by atoms with Gasteiger partial charge in [0.25, 0.3) is 0 Å². The van der Waals surface area contributed by atoms with Crippen LogP contribution in [0.5, 0.6) is 0 Å². The van der Waals surface area contributed by atoms with Crippen LogP contribution >= 0.6 is 12.2 Å². The molecule has 0 amide bonds. The predicted molar refractivity (Wildman–Crippen MR) is 77.9 cm³/mol. The van der Waals surface area contributed by atoms with Gasteiger partial charge in [0.05, 0.1) is 23.2 Å². The number of H-pyrrole nitrogens is 2. The Bertz CT molecular complexity index is 615. The van der Waals surface area contributed by atoms with Crippen LogP contribution in [0, 0.1) is 4.77 Å². The molecule has 5 heteroatoms. The third-order valence-corrected chi connectivity index (χ3v) is 3.19. The Hall–Kier alpha value is -1.62. The third kappa shape index (κ3) is 3.67. The van der Waals surface area contributed by atoms with Crippen molar-refractivity contribution in [2.75, 3.05) is 6.61 Å². The second-order valence-corrected chi connectivity index (χ2v) is 4.94. The second kappa shape index (κ2) is 6.52. The van der Waals surface area contributed by atoms with Crippen molar-refractivity contribution in [3.05, 3.63) is 28.5 Å². The lowest BCUT2D eigenvalue weighted by molar-refractivity contribution is 0.0498. The number of hydrogen-bond acceptors (Lipinski definition) is 3. The zero-order valence-corrected chi connectivity index (χ0v) is 11.8. The van der Waals surface area contributed by atoms with Crippen LogP contribution in [0.15, 0.2) is 18.2 Å². The van der Waals surface area contributed by atoms with E-state index >= 15 is 0 Å². The van der Waals surface area contributed by atoms with Gasteiger partial charge in [-0.25, -0.2) is 4.79 Å². The van der Waals surface area contributed by atoms with Gasteiger partial charge in [-0.2, -0.15) is 0 Å². The molecule has 0 spiro atoms. The largest absolute Gasteiger partial charge is 0.462 e. The Morgan fingerprint density at radius 3 is 2.79 bits per heavy atom. The van der Waals surface area contributed by atoms with E-state index < -0.39 is 0 Å². The molecule has 0 bridgehead atoms. The highest BCUT2D eigenvalue weighted by atomic mass is 32.1. The number of imidazole rings is 1. The molecule has 0 aliphatic rings. The molecule has 1 aromatic carbocycles. The van der Waals surface area contributed by atoms with Gasteiger partial charge in [-0.05, 0) is 36.8 Å². The van der Waals surface area contributed by atoms with E-state index in [2.05, 4.69) is 16.9 Å². The summed E-state index contributed by atoms with van der Waals surface area (Å²) >= 11 is 5.01. The first-order chi connectivity index (χ1) is 9.20. The van der Waals surface area contributed by atoms with E-state index in [9.17, 15) is 4.79 Å². The fourth-order valence-electron chi connectivity index (χ4n) is 1.94. The van der Waals surface area contributed by atoms with Crippen LogP contribution in [0.1, 0.15) is 43.0 Å². The van der Waals surface area contributed by atoms with Crippen molar-refractivity contribution >= 4 is 29.2 Å². The molecular weight excluding hydrogens is 260 g/mol. The molecule has 0 saturated heterocycles. The summed E-state index contributed by atoms with van der Waals surface area (Å²) in [6.45, 7) is 2.64. The molecule has 0 radical (unpaired) electrons. The molecule has 0 aliphatic carbocycles. The number of aromatic amines is 2. The maximum absolute atomic E-state index is 11.9. The SMILES string of the molecule is CCCCCCOC(=O)c1ccc2[nH]c(=S)[nH]c2c1. The van der Waals surface area contributed by atoms with Crippen molar-refractivity contribution in [2.45, 2.75) is 32.6 Å². The highest BCUT2D eigenvalue weighted by Gasteiger charge is 2.08. The summed E-state index contributed by atoms with van der Waals surface area (Å²) in [6.07, 6.45) is 4.39. The number of unbranched alkanes of at least 4 members (excludes halogenated alkanes) is 3. The van der Waals surface area contributed by atoms with E-state index in [1.165, 1.54) is 12.8 Å². The van der Waals surface area contributed by atoms with E-state index in [-0.39, 0.29) is 5.97 Å². The van der Waals surface area contributed by atoms with Crippen LogP contribution in [0.2, 0.25) is 0 Å². The molecule has 19 heavy (non-hydrogen) atoms. The Morgan fingerprint density at radius 1 is 1.21 bits per heavy atom. The second-order valence-electron chi connectivity index (χ2n) is 4.54. The summed E-state index contributed by atoms with van der Waals surface area (Å²) in [5.41, 5.74) is 2.27. The topological polar surface area (TPSA) is 57.9 Å². The van der Waals surface area contributed by atoms with Crippen LogP contribution in [0.3, 0.4) is 0 Å². The Balaban J connectivity index is 1.95. The summed E-state index contributed by atoms with van der Waals surface area (Å²) in [4.78, 5) is 17.8. The van der Waals surface area contributed by atoms with Crippen molar-refractivity contribution in [1.82, 2.24) is 9.97 Å². The van der Waals surface area contributed by atoms with Gasteiger partial charge < -0.3 is 14.7 Å². The minimum Gasteiger partial charge on any atom is -0.462 e. The molecule has 0 atom stereocenters. The number of nitrogens with one attached hydrogen (secondary N) is 2. The minimum atomic E-state index is -0.279. The van der Waals surface area contributed by atoms with Crippen LogP contribution in [-0.4, -0.2) is 22.5 Å². The van der Waals surface area contributed by atoms with Gasteiger partial charge in [-0.15, -0.1) is 0 Å². The molecule has 0 aliphatic heterocycles. The van der Waals surface area contributed by atoms with Crippen molar-refractivity contribution < 1.29 is 9.53 Å². The molecule has 2 N–H and O–H groups in total. The number of esters is 1. The number of ether oxygens (including phenoxy) is 1. The van der Waals surface area contributed by atoms with Gasteiger partial charge in [0, 0.05) is 0 Å². The maximum atomic E-state index is 11.9. The summed E-state index contributed by atoms with van der Waals surface area (Å²) in [5, 5.41) is 0. The first-order valence-corrected chi connectivity index (χ1v) is 7.00. The molecule has 0 fully saturated rings. The lowest BCUT2D eigenvalue weighted by Crippen LogP contribution is -2.06. The van der Waals surface area contributed by atoms with Crippen molar-refractivity contribution in [3.8, 4) is 0 Å². The Labute approximate surface area is 117 Å². The van der Waals surface area contributed by atoms with E-state index in [0.29, 0.717) is 16.9 Å². The first-order valence-electron chi connectivity index (χ1n) is 6.60. The molecule has 0 saturated carbocycles. The molecule has 2 aromatic rings. The zero-order chi connectivity index (χ0) is 13.7. The maximum Gasteiger partial charge on any atom is 0.338 e. The number of carbonyl (C=O) groups excluding carboxylic acids is 1. The number of benzene rings is 1. The van der Waals surface area contributed by atoms with Gasteiger partial charge in [0.15, 0.2) is 4.77 Å². The number of rotatable bonds is 6. The number of hydrogen-bond donors (Lipinski definition) is 2. The van der Waals surface area contributed by atoms with Crippen molar-refractivity contribution in [2.24, 2.45) is 0 Å². The van der Waals surface area contributed by atoms with Crippen LogP contribution in [0.25, 0.3) is 11.0 Å². The van der Waals surface area contributed by atoms with Gasteiger partial charge >= 0.3 is 5.97 Å². The summed E-state index contributed by atoms with van der Waals surface area (Å²) in [6, 6.07) is 5.33. The van der Waals surface area contributed by atoms with E-state index in [4.69, 9.17) is 17.0 Å². The van der Waals surface area contributed by atoms with E-state index in [1.807, 2.05) is 6.07 Å². The predicted octanol–water partition coefficient (Wildman–Crippen LogP) is 3.96. The molecule has 0 unspecified atom stereocenters. The van der Waals surface area contributed by atoms with E-state index in [1.54, 1.807) is 12.1 Å². The standard InChI is InChI=1S/C14H18N2O2S/c1-2-3-4-5-8-18-13(17)10-6-7-11-12(9-10)16-14(19)15-11/h6-7,9H,2-5,8H2,1H3,(H2,15,16,19). The average Bonchev–Trinajstić information content (AvgIpc) is 2.77. The number of carbonyl (C=O) groups is 1. The lowest BCUT2D eigenvalue weighted by Gasteiger charge is -2.04. The number of fused-ring (bicyclic) bond motifs is 1. The summed E-state index contributed by atoms with van der Waals surface area (Å²) in [5.74, 6) is -0.279. The normalized spacial score (nSPS) is 10.8. The van der Waals surface area contributed by atoms with Gasteiger partial charge in [0.2, 0.25) is 0 Å². The zero-order valence-electron chi connectivity index (χ0n) is 11.0. The van der Waals surface area contributed by atoms with E-state index in [0.717, 1.165) is 23.9 Å². The Kier molecular flexibility index (Phi) is 4.74. The summed E-state index contributed by atoms with van der Waals surface area (Å²) in [7, 11) is 0. The first kappa shape index (κ1) is 13.8. The molecule has 1 heterocycles. The molecule has 2 rings (SSSR count). The van der Waals surface area contributed by atoms with Gasteiger partial charge in [-0.1, -0.05) is 26.2 Å². The Morgan fingerprint density at radius 2 is 2.00 bits per heavy atom. The average molecular weight is 278 g/mol. The monoisotopic (exact) mass is 278 g/mol. The van der Waals surface area contributed by atoms with Crippen molar-refractivity contribution in [3.63, 3.8) is 0 Å². The number of aromatic nitrogens is 2. The third-order valence-electron chi connectivity index (χ3n) is 2.98. The summed E-state index contributed by atoms with van der Waals surface area (Å²) < 4.78 is 5.80. The molecule has 102 valence electrons. The lowest BCUT2D eigenvalue weighted by atomic mass is 10.2. The van der Waals surface area contributed by atoms with Crippen LogP contribution in [0.4, 0.5) is 0 Å².